The minimum atomic E-state index is -0.828. The molecular weight excluding hydrogens is 166 g/mol. The smallest absolute Gasteiger partial charge is 0.330 e. The number of rotatable bonds is 5. The minimum Gasteiger partial charge on any atom is -0.478 e. The van der Waals surface area contributed by atoms with Gasteiger partial charge in [0.15, 0.2) is 0 Å². The maximum Gasteiger partial charge on any atom is 0.330 e. The zero-order chi connectivity index (χ0) is 9.68. The third-order valence-electron chi connectivity index (χ3n) is 2.55. The lowest BCUT2D eigenvalue weighted by molar-refractivity contribution is -0.132. The summed E-state index contributed by atoms with van der Waals surface area (Å²) in [4.78, 5) is 10.4. The molecule has 74 valence electrons. The first-order valence-electron chi connectivity index (χ1n) is 4.81. The molecule has 0 atom stereocenters. The second-order valence-corrected chi connectivity index (χ2v) is 3.65. The molecule has 0 aliphatic heterocycles. The third kappa shape index (κ3) is 3.59. The van der Waals surface area contributed by atoms with Gasteiger partial charge in [0.1, 0.15) is 0 Å². The van der Waals surface area contributed by atoms with Crippen molar-refractivity contribution >= 4 is 5.97 Å². The van der Waals surface area contributed by atoms with E-state index in [2.05, 4.69) is 5.32 Å². The van der Waals surface area contributed by atoms with Crippen molar-refractivity contribution in [2.75, 3.05) is 13.1 Å². The average molecular weight is 183 g/mol. The third-order valence-corrected chi connectivity index (χ3v) is 2.55. The molecule has 3 nitrogen and oxygen atoms in total. The van der Waals surface area contributed by atoms with E-state index in [1.165, 1.54) is 19.3 Å². The second kappa shape index (κ2) is 5.02. The number of nitrogens with one attached hydrogen (secondary N) is 1. The Kier molecular flexibility index (Phi) is 3.96. The van der Waals surface area contributed by atoms with Gasteiger partial charge in [-0.1, -0.05) is 12.5 Å². The lowest BCUT2D eigenvalue weighted by atomic mass is 9.85. The summed E-state index contributed by atoms with van der Waals surface area (Å²) in [6.45, 7) is 3.32. The van der Waals surface area contributed by atoms with E-state index in [0.717, 1.165) is 12.5 Å². The first-order chi connectivity index (χ1) is 6.20. The molecule has 0 aromatic carbocycles. The van der Waals surface area contributed by atoms with Crippen LogP contribution in [0, 0.1) is 5.92 Å². The summed E-state index contributed by atoms with van der Waals surface area (Å²) < 4.78 is 0. The van der Waals surface area contributed by atoms with Gasteiger partial charge in [-0.2, -0.15) is 0 Å². The van der Waals surface area contributed by atoms with Crippen molar-refractivity contribution in [3.8, 4) is 0 Å². The first kappa shape index (κ1) is 10.3. The average Bonchev–Trinajstić information content (AvgIpc) is 2.00. The Balaban J connectivity index is 2.05. The molecule has 0 heterocycles. The predicted molar refractivity (Wildman–Crippen MR) is 51.6 cm³/mol. The lowest BCUT2D eigenvalue weighted by Crippen LogP contribution is -2.27. The number of aliphatic carboxylic acids is 1. The van der Waals surface area contributed by atoms with Crippen LogP contribution in [0.3, 0.4) is 0 Å². The lowest BCUT2D eigenvalue weighted by Gasteiger charge is -2.25. The van der Waals surface area contributed by atoms with E-state index in [1.54, 1.807) is 13.0 Å². The van der Waals surface area contributed by atoms with Gasteiger partial charge in [-0.25, -0.2) is 4.79 Å². The largest absolute Gasteiger partial charge is 0.478 e. The summed E-state index contributed by atoms with van der Waals surface area (Å²) in [7, 11) is 0. The Bertz CT molecular complexity index is 207. The van der Waals surface area contributed by atoms with Crippen LogP contribution in [0.25, 0.3) is 0 Å². The Morgan fingerprint density at radius 2 is 2.31 bits per heavy atom. The van der Waals surface area contributed by atoms with Crippen molar-refractivity contribution in [2.45, 2.75) is 26.2 Å². The van der Waals surface area contributed by atoms with Crippen LogP contribution in [0.15, 0.2) is 11.6 Å². The van der Waals surface area contributed by atoms with Crippen LogP contribution in [-0.4, -0.2) is 24.2 Å². The van der Waals surface area contributed by atoms with E-state index in [4.69, 9.17) is 5.11 Å². The molecule has 3 heteroatoms. The van der Waals surface area contributed by atoms with Gasteiger partial charge in [0.05, 0.1) is 0 Å². The van der Waals surface area contributed by atoms with Crippen LogP contribution in [0.1, 0.15) is 26.2 Å². The van der Waals surface area contributed by atoms with Crippen LogP contribution in [-0.2, 0) is 4.79 Å². The van der Waals surface area contributed by atoms with Crippen LogP contribution in [0.2, 0.25) is 0 Å². The summed E-state index contributed by atoms with van der Waals surface area (Å²) >= 11 is 0. The summed E-state index contributed by atoms with van der Waals surface area (Å²) in [5, 5.41) is 11.8. The van der Waals surface area contributed by atoms with Gasteiger partial charge in [0, 0.05) is 12.1 Å². The Hall–Kier alpha value is -0.830. The van der Waals surface area contributed by atoms with Gasteiger partial charge in [-0.05, 0) is 32.2 Å². The highest BCUT2D eigenvalue weighted by Gasteiger charge is 2.15. The van der Waals surface area contributed by atoms with Crippen LogP contribution in [0.5, 0.6) is 0 Å². The molecule has 0 aromatic rings. The quantitative estimate of drug-likeness (QED) is 0.500. The molecule has 1 aliphatic rings. The zero-order valence-corrected chi connectivity index (χ0v) is 8.05. The first-order valence-corrected chi connectivity index (χ1v) is 4.81. The topological polar surface area (TPSA) is 49.3 Å². The Morgan fingerprint density at radius 1 is 1.62 bits per heavy atom. The molecule has 0 unspecified atom stereocenters. The maximum atomic E-state index is 10.4. The fourth-order valence-corrected chi connectivity index (χ4v) is 1.30. The van der Waals surface area contributed by atoms with Gasteiger partial charge in [-0.3, -0.25) is 0 Å². The predicted octanol–water partition coefficient (Wildman–Crippen LogP) is 1.41. The van der Waals surface area contributed by atoms with E-state index in [-0.39, 0.29) is 0 Å². The number of carboxylic acids is 1. The summed E-state index contributed by atoms with van der Waals surface area (Å²) in [6.07, 6.45) is 5.74. The van der Waals surface area contributed by atoms with E-state index >= 15 is 0 Å². The van der Waals surface area contributed by atoms with Gasteiger partial charge in [0.25, 0.3) is 0 Å². The van der Waals surface area contributed by atoms with E-state index in [1.807, 2.05) is 0 Å². The molecule has 0 saturated heterocycles. The number of carbonyl (C=O) groups is 1. The number of hydrogen-bond donors (Lipinski definition) is 2. The Labute approximate surface area is 78.8 Å². The van der Waals surface area contributed by atoms with Crippen molar-refractivity contribution in [1.82, 2.24) is 5.32 Å². The molecule has 1 rings (SSSR count). The maximum absolute atomic E-state index is 10.4. The van der Waals surface area contributed by atoms with Gasteiger partial charge >= 0.3 is 5.97 Å². The molecule has 1 saturated carbocycles. The van der Waals surface area contributed by atoms with Gasteiger partial charge in [0.2, 0.25) is 0 Å². The highest BCUT2D eigenvalue weighted by atomic mass is 16.4. The van der Waals surface area contributed by atoms with Crippen LogP contribution >= 0.6 is 0 Å². The normalized spacial score (nSPS) is 18.4. The molecule has 1 fully saturated rings. The Morgan fingerprint density at radius 3 is 2.77 bits per heavy atom. The SMILES string of the molecule is CC(=CCNCC1CCC1)C(=O)O. The van der Waals surface area contributed by atoms with E-state index in [9.17, 15) is 4.79 Å². The molecule has 1 aliphatic carbocycles. The van der Waals surface area contributed by atoms with E-state index < -0.39 is 5.97 Å². The number of carboxylic acid groups (broad SMARTS) is 1. The minimum absolute atomic E-state index is 0.418. The highest BCUT2D eigenvalue weighted by molar-refractivity contribution is 5.85. The molecule has 0 spiro atoms. The van der Waals surface area contributed by atoms with Crippen molar-refractivity contribution in [1.29, 1.82) is 0 Å². The summed E-state index contributed by atoms with van der Waals surface area (Å²) in [5.74, 6) is 0.00368. The molecule has 13 heavy (non-hydrogen) atoms. The highest BCUT2D eigenvalue weighted by Crippen LogP contribution is 2.24. The molecule has 0 radical (unpaired) electrons. The van der Waals surface area contributed by atoms with Crippen LogP contribution < -0.4 is 5.32 Å². The molecule has 0 bridgehead atoms. The monoisotopic (exact) mass is 183 g/mol. The fourth-order valence-electron chi connectivity index (χ4n) is 1.30. The number of hydrogen-bond acceptors (Lipinski definition) is 2. The van der Waals surface area contributed by atoms with Crippen molar-refractivity contribution in [3.05, 3.63) is 11.6 Å². The molecule has 2 N–H and O–H groups in total. The summed E-state index contributed by atoms with van der Waals surface area (Å²) in [5.41, 5.74) is 0.418. The van der Waals surface area contributed by atoms with Crippen molar-refractivity contribution < 1.29 is 9.90 Å². The standard InChI is InChI=1S/C10H17NO2/c1-8(10(12)13)5-6-11-7-9-3-2-4-9/h5,9,11H,2-4,6-7H2,1H3,(H,12,13). The van der Waals surface area contributed by atoms with Gasteiger partial charge in [-0.15, -0.1) is 0 Å². The van der Waals surface area contributed by atoms with Gasteiger partial charge < -0.3 is 10.4 Å². The molecule has 0 aromatic heterocycles. The molecular formula is C10H17NO2. The molecule has 0 amide bonds. The van der Waals surface area contributed by atoms with Crippen LogP contribution in [0.4, 0.5) is 0 Å². The fraction of sp³-hybridized carbons (Fsp3) is 0.700. The van der Waals surface area contributed by atoms with E-state index in [0.29, 0.717) is 12.1 Å². The summed E-state index contributed by atoms with van der Waals surface area (Å²) in [6, 6.07) is 0. The second-order valence-electron chi connectivity index (χ2n) is 3.65. The van der Waals surface area contributed by atoms with Crippen molar-refractivity contribution in [3.63, 3.8) is 0 Å². The zero-order valence-electron chi connectivity index (χ0n) is 8.05. The van der Waals surface area contributed by atoms with Crippen molar-refractivity contribution in [2.24, 2.45) is 5.92 Å².